The number of nitrogens with one attached hydrogen (secondary N) is 1. The summed E-state index contributed by atoms with van der Waals surface area (Å²) in [7, 11) is 0. The Hall–Kier alpha value is -1.67. The minimum Gasteiger partial charge on any atom is -0.507 e. The number of phenolic OH excluding ortho intramolecular Hbond substituents is 1. The largest absolute Gasteiger partial charge is 0.507 e. The van der Waals surface area contributed by atoms with E-state index in [-0.39, 0.29) is 6.04 Å². The molecule has 21 heavy (non-hydrogen) atoms. The van der Waals surface area contributed by atoms with Crippen molar-refractivity contribution < 1.29 is 5.11 Å². The summed E-state index contributed by atoms with van der Waals surface area (Å²) in [5.74, 6) is 0.367. The molecule has 0 saturated carbocycles. The third kappa shape index (κ3) is 3.70. The van der Waals surface area contributed by atoms with Gasteiger partial charge in [-0.15, -0.1) is 0 Å². The molecular formula is C18H22ClNO. The fourth-order valence-corrected chi connectivity index (χ4v) is 2.61. The van der Waals surface area contributed by atoms with Crippen LogP contribution < -0.4 is 5.32 Å². The smallest absolute Gasteiger partial charge is 0.123 e. The first kappa shape index (κ1) is 15.7. The van der Waals surface area contributed by atoms with Crippen molar-refractivity contribution in [3.8, 4) is 5.75 Å². The Kier molecular flexibility index (Phi) is 5.13. The van der Waals surface area contributed by atoms with E-state index in [0.717, 1.165) is 34.7 Å². The van der Waals surface area contributed by atoms with Gasteiger partial charge in [-0.05, 0) is 49.6 Å². The van der Waals surface area contributed by atoms with Crippen LogP contribution in [0.2, 0.25) is 5.02 Å². The summed E-state index contributed by atoms with van der Waals surface area (Å²) in [5, 5.41) is 14.4. The van der Waals surface area contributed by atoms with Gasteiger partial charge in [-0.2, -0.15) is 0 Å². The van der Waals surface area contributed by atoms with Crippen LogP contribution in [0, 0.1) is 13.8 Å². The van der Waals surface area contributed by atoms with E-state index < -0.39 is 0 Å². The Labute approximate surface area is 131 Å². The second kappa shape index (κ2) is 6.86. The highest BCUT2D eigenvalue weighted by molar-refractivity contribution is 6.30. The van der Waals surface area contributed by atoms with Gasteiger partial charge in [0.05, 0.1) is 6.04 Å². The van der Waals surface area contributed by atoms with E-state index in [1.54, 1.807) is 0 Å². The summed E-state index contributed by atoms with van der Waals surface area (Å²) in [4.78, 5) is 0. The number of hydrogen-bond acceptors (Lipinski definition) is 2. The molecule has 1 atom stereocenters. The quantitative estimate of drug-likeness (QED) is 0.752. The maximum Gasteiger partial charge on any atom is 0.123 e. The molecule has 2 aromatic carbocycles. The molecule has 0 fully saturated rings. The molecule has 0 amide bonds. The van der Waals surface area contributed by atoms with E-state index in [1.807, 2.05) is 38.1 Å². The van der Waals surface area contributed by atoms with Crippen LogP contribution in [0.15, 0.2) is 36.4 Å². The number of phenols is 1. The van der Waals surface area contributed by atoms with Crippen molar-refractivity contribution in [1.29, 1.82) is 0 Å². The topological polar surface area (TPSA) is 32.3 Å². The summed E-state index contributed by atoms with van der Waals surface area (Å²) in [6, 6.07) is 12.1. The molecule has 1 unspecified atom stereocenters. The van der Waals surface area contributed by atoms with E-state index in [1.165, 1.54) is 5.56 Å². The van der Waals surface area contributed by atoms with Crippen LogP contribution in [0.4, 0.5) is 5.69 Å². The van der Waals surface area contributed by atoms with Gasteiger partial charge in [0.1, 0.15) is 5.75 Å². The summed E-state index contributed by atoms with van der Waals surface area (Å²) in [6.07, 6.45) is 2.10. The predicted molar refractivity (Wildman–Crippen MR) is 90.3 cm³/mol. The Balaban J connectivity index is 2.28. The van der Waals surface area contributed by atoms with Crippen LogP contribution in [0.3, 0.4) is 0 Å². The zero-order chi connectivity index (χ0) is 15.4. The van der Waals surface area contributed by atoms with E-state index in [0.29, 0.717) is 5.75 Å². The highest BCUT2D eigenvalue weighted by atomic mass is 35.5. The molecule has 0 spiro atoms. The molecule has 0 aliphatic heterocycles. The number of aromatic hydroxyl groups is 1. The van der Waals surface area contributed by atoms with E-state index in [9.17, 15) is 5.11 Å². The molecule has 0 heterocycles. The lowest BCUT2D eigenvalue weighted by Crippen LogP contribution is -2.11. The molecule has 2 rings (SSSR count). The summed E-state index contributed by atoms with van der Waals surface area (Å²) in [5.41, 5.74) is 3.98. The lowest BCUT2D eigenvalue weighted by molar-refractivity contribution is 0.467. The molecule has 2 aromatic rings. The van der Waals surface area contributed by atoms with Gasteiger partial charge < -0.3 is 10.4 Å². The molecule has 0 radical (unpaired) electrons. The molecule has 3 heteroatoms. The highest BCUT2D eigenvalue weighted by Gasteiger charge is 2.13. The summed E-state index contributed by atoms with van der Waals surface area (Å²) < 4.78 is 0. The molecular weight excluding hydrogens is 282 g/mol. The minimum absolute atomic E-state index is 0.216. The number of benzene rings is 2. The van der Waals surface area contributed by atoms with Crippen molar-refractivity contribution in [1.82, 2.24) is 0 Å². The summed E-state index contributed by atoms with van der Waals surface area (Å²) in [6.45, 7) is 6.02. The third-order valence-electron chi connectivity index (χ3n) is 3.81. The monoisotopic (exact) mass is 303 g/mol. The van der Waals surface area contributed by atoms with Crippen LogP contribution in [-0.4, -0.2) is 5.11 Å². The van der Waals surface area contributed by atoms with Gasteiger partial charge in [0.2, 0.25) is 0 Å². The molecule has 2 nitrogen and oxygen atoms in total. The Morgan fingerprint density at radius 2 is 1.76 bits per heavy atom. The van der Waals surface area contributed by atoms with Crippen LogP contribution >= 0.6 is 11.6 Å². The van der Waals surface area contributed by atoms with Crippen molar-refractivity contribution in [3.05, 3.63) is 58.1 Å². The van der Waals surface area contributed by atoms with Crippen LogP contribution in [-0.2, 0) is 0 Å². The van der Waals surface area contributed by atoms with Crippen LogP contribution in [0.25, 0.3) is 0 Å². The third-order valence-corrected chi connectivity index (χ3v) is 4.06. The van der Waals surface area contributed by atoms with Gasteiger partial charge in [-0.3, -0.25) is 0 Å². The average Bonchev–Trinajstić information content (AvgIpc) is 2.48. The first-order valence-electron chi connectivity index (χ1n) is 7.34. The van der Waals surface area contributed by atoms with Gasteiger partial charge in [0, 0.05) is 16.3 Å². The lowest BCUT2D eigenvalue weighted by atomic mass is 10.0. The van der Waals surface area contributed by atoms with Crippen molar-refractivity contribution in [2.24, 2.45) is 0 Å². The molecule has 0 aromatic heterocycles. The number of halogens is 1. The Bertz CT molecular complexity index is 607. The van der Waals surface area contributed by atoms with E-state index >= 15 is 0 Å². The second-order valence-corrected chi connectivity index (χ2v) is 5.88. The fourth-order valence-electron chi connectivity index (χ4n) is 2.49. The summed E-state index contributed by atoms with van der Waals surface area (Å²) >= 11 is 5.96. The molecule has 0 bridgehead atoms. The zero-order valence-electron chi connectivity index (χ0n) is 12.8. The molecule has 2 N–H and O–H groups in total. The number of anilines is 1. The van der Waals surface area contributed by atoms with Crippen LogP contribution in [0.5, 0.6) is 5.75 Å². The maximum absolute atomic E-state index is 10.1. The Morgan fingerprint density at radius 3 is 2.38 bits per heavy atom. The van der Waals surface area contributed by atoms with Crippen molar-refractivity contribution >= 4 is 17.3 Å². The fraction of sp³-hybridized carbons (Fsp3) is 0.333. The van der Waals surface area contributed by atoms with Gasteiger partial charge in [0.25, 0.3) is 0 Å². The van der Waals surface area contributed by atoms with Crippen LogP contribution in [0.1, 0.15) is 42.5 Å². The first-order chi connectivity index (χ1) is 10.0. The second-order valence-electron chi connectivity index (χ2n) is 5.44. The van der Waals surface area contributed by atoms with Gasteiger partial charge in [-0.25, -0.2) is 0 Å². The van der Waals surface area contributed by atoms with Gasteiger partial charge in [0.15, 0.2) is 0 Å². The molecule has 0 saturated heterocycles. The zero-order valence-corrected chi connectivity index (χ0v) is 13.5. The molecule has 0 aliphatic rings. The predicted octanol–water partition coefficient (Wildman–Crippen LogP) is 5.62. The standard InChI is InChI=1S/C18H22ClNO/c1-4-5-17(14-7-9-15(19)10-8-14)20-16-11-6-12(2)18(21)13(16)3/h6-11,17,20-21H,4-5H2,1-3H3. The molecule has 112 valence electrons. The number of aryl methyl sites for hydroxylation is 1. The SMILES string of the molecule is CCCC(Nc1ccc(C)c(O)c1C)c1ccc(Cl)cc1. The van der Waals surface area contributed by atoms with Gasteiger partial charge >= 0.3 is 0 Å². The minimum atomic E-state index is 0.216. The normalized spacial score (nSPS) is 12.2. The highest BCUT2D eigenvalue weighted by Crippen LogP contribution is 2.32. The molecule has 0 aliphatic carbocycles. The van der Waals surface area contributed by atoms with Crippen molar-refractivity contribution in [2.45, 2.75) is 39.7 Å². The van der Waals surface area contributed by atoms with Crippen molar-refractivity contribution in [2.75, 3.05) is 5.32 Å². The lowest BCUT2D eigenvalue weighted by Gasteiger charge is -2.22. The van der Waals surface area contributed by atoms with E-state index in [4.69, 9.17) is 11.6 Å². The van der Waals surface area contributed by atoms with Crippen molar-refractivity contribution in [3.63, 3.8) is 0 Å². The van der Waals surface area contributed by atoms with E-state index in [2.05, 4.69) is 24.4 Å². The number of hydrogen-bond donors (Lipinski definition) is 2. The van der Waals surface area contributed by atoms with Gasteiger partial charge in [-0.1, -0.05) is 43.1 Å². The average molecular weight is 304 g/mol. The first-order valence-corrected chi connectivity index (χ1v) is 7.72. The Morgan fingerprint density at radius 1 is 1.10 bits per heavy atom. The maximum atomic E-state index is 10.1. The number of rotatable bonds is 5.